The van der Waals surface area contributed by atoms with E-state index >= 15 is 0 Å². The number of nitrogens with one attached hydrogen (secondary N) is 1. The summed E-state index contributed by atoms with van der Waals surface area (Å²) < 4.78 is 17.2. The van der Waals surface area contributed by atoms with E-state index in [1.165, 1.54) is 0 Å². The van der Waals surface area contributed by atoms with Crippen molar-refractivity contribution in [3.05, 3.63) is 65.7 Å². The van der Waals surface area contributed by atoms with Gasteiger partial charge in [0, 0.05) is 11.8 Å². The Morgan fingerprint density at radius 3 is 2.44 bits per heavy atom. The second-order valence-electron chi connectivity index (χ2n) is 9.44. The van der Waals surface area contributed by atoms with E-state index in [9.17, 15) is 4.79 Å². The number of rotatable bonds is 9. The molecule has 0 aliphatic heterocycles. The highest BCUT2D eigenvalue weighted by Gasteiger charge is 2.39. The van der Waals surface area contributed by atoms with Crippen LogP contribution in [0.4, 0.5) is 5.69 Å². The normalized spacial score (nSPS) is 12.6. The van der Waals surface area contributed by atoms with Crippen molar-refractivity contribution in [2.45, 2.75) is 58.8 Å². The molecule has 2 aromatic rings. The Balaban J connectivity index is 2.48. The van der Waals surface area contributed by atoms with Crippen LogP contribution in [0.15, 0.2) is 54.6 Å². The van der Waals surface area contributed by atoms with Gasteiger partial charge in [0.1, 0.15) is 11.5 Å². The van der Waals surface area contributed by atoms with Crippen LogP contribution in [-0.2, 0) is 9.53 Å². The number of carbonyl (C=O) groups is 1. The van der Waals surface area contributed by atoms with Crippen LogP contribution < -0.4 is 14.5 Å². The molecular formula is C26H37NO4Si. The van der Waals surface area contributed by atoms with Gasteiger partial charge in [0.15, 0.2) is 0 Å². The summed E-state index contributed by atoms with van der Waals surface area (Å²) in [5, 5.41) is 3.50. The first-order chi connectivity index (χ1) is 14.9. The average Bonchev–Trinajstić information content (AvgIpc) is 2.72. The summed E-state index contributed by atoms with van der Waals surface area (Å²) in [6, 6.07) is 13.1. The molecule has 0 heterocycles. The minimum Gasteiger partial charge on any atom is -0.543 e. The van der Waals surface area contributed by atoms with Gasteiger partial charge in [-0.1, -0.05) is 45.5 Å². The molecule has 0 spiro atoms. The third kappa shape index (κ3) is 6.16. The predicted molar refractivity (Wildman–Crippen MR) is 134 cm³/mol. The number of ether oxygens (including phenoxy) is 2. The molecule has 0 fully saturated rings. The molecule has 2 rings (SSSR count). The van der Waals surface area contributed by atoms with Gasteiger partial charge in [-0.25, -0.2) is 4.79 Å². The zero-order valence-corrected chi connectivity index (χ0v) is 21.7. The van der Waals surface area contributed by atoms with E-state index < -0.39 is 20.3 Å². The lowest BCUT2D eigenvalue weighted by Gasteiger charge is -2.37. The molecule has 32 heavy (non-hydrogen) atoms. The van der Waals surface area contributed by atoms with Crippen molar-refractivity contribution in [2.24, 2.45) is 0 Å². The fraction of sp³-hybridized carbons (Fsp3) is 0.423. The van der Waals surface area contributed by atoms with Crippen LogP contribution in [0.1, 0.15) is 44.9 Å². The van der Waals surface area contributed by atoms with Crippen molar-refractivity contribution < 1.29 is 18.7 Å². The number of hydrogen-bond acceptors (Lipinski definition) is 5. The highest BCUT2D eigenvalue weighted by molar-refractivity contribution is 6.74. The van der Waals surface area contributed by atoms with Gasteiger partial charge in [-0.05, 0) is 61.3 Å². The summed E-state index contributed by atoms with van der Waals surface area (Å²) in [6.07, 6.45) is 0. The lowest BCUT2D eigenvalue weighted by molar-refractivity contribution is -0.138. The van der Waals surface area contributed by atoms with Gasteiger partial charge in [-0.3, -0.25) is 0 Å². The monoisotopic (exact) mass is 455 g/mol. The van der Waals surface area contributed by atoms with Gasteiger partial charge in [0.2, 0.25) is 8.32 Å². The molecule has 0 amide bonds. The van der Waals surface area contributed by atoms with E-state index in [0.29, 0.717) is 5.57 Å². The topological polar surface area (TPSA) is 56.8 Å². The van der Waals surface area contributed by atoms with Crippen molar-refractivity contribution in [1.29, 1.82) is 0 Å². The molecule has 0 aromatic heterocycles. The van der Waals surface area contributed by atoms with E-state index in [4.69, 9.17) is 13.9 Å². The fourth-order valence-corrected chi connectivity index (χ4v) is 4.00. The average molecular weight is 456 g/mol. The molecule has 6 heteroatoms. The first kappa shape index (κ1) is 25.5. The highest BCUT2D eigenvalue weighted by atomic mass is 28.4. The second kappa shape index (κ2) is 10.3. The van der Waals surface area contributed by atoms with Crippen LogP contribution in [0.3, 0.4) is 0 Å². The molecule has 174 valence electrons. The first-order valence-electron chi connectivity index (χ1n) is 11.0. The Morgan fingerprint density at radius 2 is 1.84 bits per heavy atom. The zero-order valence-electron chi connectivity index (χ0n) is 20.7. The Morgan fingerprint density at radius 1 is 1.16 bits per heavy atom. The number of esters is 1. The molecule has 0 saturated heterocycles. The third-order valence-corrected chi connectivity index (χ3v) is 10.3. The fourth-order valence-electron chi connectivity index (χ4n) is 2.93. The highest BCUT2D eigenvalue weighted by Crippen LogP contribution is 2.39. The molecule has 0 saturated carbocycles. The van der Waals surface area contributed by atoms with Crippen molar-refractivity contribution in [1.82, 2.24) is 0 Å². The molecule has 0 unspecified atom stereocenters. The summed E-state index contributed by atoms with van der Waals surface area (Å²) in [7, 11) is -0.410. The van der Waals surface area contributed by atoms with Gasteiger partial charge in [-0.2, -0.15) is 0 Å². The largest absolute Gasteiger partial charge is 0.543 e. The Labute approximate surface area is 193 Å². The standard InChI is InChI=1S/C26H37NO4Si/c1-10-30-25(28)19(3)24(27-21-12-11-13-22(17-21)29-7)20-15-14-18(2)23(16-20)31-32(8,9)26(4,5)6/h11-17,24,27H,3,10H2,1-2,4-9H3/t24-/m1/s1. The smallest absolute Gasteiger partial charge is 0.335 e. The van der Waals surface area contributed by atoms with Crippen molar-refractivity contribution in [3.8, 4) is 11.5 Å². The molecule has 1 N–H and O–H groups in total. The Kier molecular flexibility index (Phi) is 8.18. The predicted octanol–water partition coefficient (Wildman–Crippen LogP) is 6.66. The molecule has 0 aliphatic rings. The summed E-state index contributed by atoms with van der Waals surface area (Å²) in [6.45, 7) is 19.3. The molecule has 0 aliphatic carbocycles. The summed E-state index contributed by atoms with van der Waals surface area (Å²) >= 11 is 0. The molecule has 5 nitrogen and oxygen atoms in total. The molecule has 1 atom stereocenters. The van der Waals surface area contributed by atoms with Crippen molar-refractivity contribution >= 4 is 20.0 Å². The van der Waals surface area contributed by atoms with Crippen LogP contribution in [0, 0.1) is 6.92 Å². The molecule has 0 bridgehead atoms. The summed E-state index contributed by atoms with van der Waals surface area (Å²) in [5.74, 6) is 1.13. The van der Waals surface area contributed by atoms with Crippen LogP contribution >= 0.6 is 0 Å². The van der Waals surface area contributed by atoms with E-state index in [1.807, 2.05) is 49.4 Å². The Bertz CT molecular complexity index is 963. The lowest BCUT2D eigenvalue weighted by Crippen LogP contribution is -2.44. The van der Waals surface area contributed by atoms with Gasteiger partial charge in [-0.15, -0.1) is 0 Å². The lowest BCUT2D eigenvalue weighted by atomic mass is 9.97. The van der Waals surface area contributed by atoms with Crippen LogP contribution in [0.2, 0.25) is 18.1 Å². The quantitative estimate of drug-likeness (QED) is 0.260. The maximum Gasteiger partial charge on any atom is 0.335 e. The number of benzene rings is 2. The maximum absolute atomic E-state index is 12.6. The number of methoxy groups -OCH3 is 1. The molecular weight excluding hydrogens is 418 g/mol. The van der Waals surface area contributed by atoms with Gasteiger partial charge < -0.3 is 19.2 Å². The number of anilines is 1. The van der Waals surface area contributed by atoms with Crippen molar-refractivity contribution in [2.75, 3.05) is 19.0 Å². The number of hydrogen-bond donors (Lipinski definition) is 1. The summed E-state index contributed by atoms with van der Waals surface area (Å²) in [4.78, 5) is 12.6. The summed E-state index contributed by atoms with van der Waals surface area (Å²) in [5.41, 5.74) is 3.08. The maximum atomic E-state index is 12.6. The van der Waals surface area contributed by atoms with Crippen LogP contribution in [0.25, 0.3) is 0 Å². The van der Waals surface area contributed by atoms with E-state index in [-0.39, 0.29) is 11.6 Å². The first-order valence-corrected chi connectivity index (χ1v) is 13.9. The van der Waals surface area contributed by atoms with Gasteiger partial charge in [0.25, 0.3) is 0 Å². The number of carbonyl (C=O) groups excluding carboxylic acids is 1. The van der Waals surface area contributed by atoms with E-state index in [1.54, 1.807) is 14.0 Å². The van der Waals surface area contributed by atoms with Gasteiger partial charge in [0.05, 0.1) is 25.3 Å². The van der Waals surface area contributed by atoms with Crippen LogP contribution in [-0.4, -0.2) is 28.0 Å². The zero-order chi connectivity index (χ0) is 24.1. The minimum absolute atomic E-state index is 0.0716. The van der Waals surface area contributed by atoms with E-state index in [2.05, 4.69) is 45.8 Å². The second-order valence-corrected chi connectivity index (χ2v) is 14.2. The van der Waals surface area contributed by atoms with Crippen molar-refractivity contribution in [3.63, 3.8) is 0 Å². The SMILES string of the molecule is C=C(C(=O)OCC)[C@@H](Nc1cccc(OC)c1)c1ccc(C)c(O[Si](C)(C)C(C)(C)C)c1. The third-order valence-electron chi connectivity index (χ3n) is 5.98. The van der Waals surface area contributed by atoms with Gasteiger partial charge >= 0.3 is 5.97 Å². The number of aryl methyl sites for hydroxylation is 1. The molecule has 2 aromatic carbocycles. The Hall–Kier alpha value is -2.73. The minimum atomic E-state index is -2.03. The van der Waals surface area contributed by atoms with Crippen LogP contribution in [0.5, 0.6) is 11.5 Å². The molecule has 0 radical (unpaired) electrons. The van der Waals surface area contributed by atoms with E-state index in [0.717, 1.165) is 28.3 Å².